The Kier molecular flexibility index (Phi) is 5.91. The largest absolute Gasteiger partial charge is 0.435 e. The van der Waals surface area contributed by atoms with Crippen molar-refractivity contribution in [3.8, 4) is 5.75 Å². The van der Waals surface area contributed by atoms with E-state index in [-0.39, 0.29) is 11.8 Å². The summed E-state index contributed by atoms with van der Waals surface area (Å²) in [5, 5.41) is 3.34. The van der Waals surface area contributed by atoms with Crippen LogP contribution < -0.4 is 10.1 Å². The van der Waals surface area contributed by atoms with Crippen LogP contribution in [-0.2, 0) is 0 Å². The average Bonchev–Trinajstić information content (AvgIpc) is 2.28. The quantitative estimate of drug-likeness (QED) is 0.787. The predicted octanol–water partition coefficient (Wildman–Crippen LogP) is 3.74. The number of hydrogen-bond donors (Lipinski definition) is 1. The van der Waals surface area contributed by atoms with E-state index in [1.807, 2.05) is 13.0 Å². The molecule has 1 aromatic rings. The zero-order valence-corrected chi connectivity index (χ0v) is 10.2. The molecule has 0 saturated carbocycles. The van der Waals surface area contributed by atoms with Gasteiger partial charge in [-0.05, 0) is 30.7 Å². The molecule has 0 fully saturated rings. The summed E-state index contributed by atoms with van der Waals surface area (Å²) in [6.07, 6.45) is 2.02. The molecule has 0 heterocycles. The van der Waals surface area contributed by atoms with Crippen molar-refractivity contribution in [2.45, 2.75) is 39.3 Å². The van der Waals surface area contributed by atoms with Gasteiger partial charge in [0.1, 0.15) is 5.75 Å². The lowest BCUT2D eigenvalue weighted by Crippen LogP contribution is -2.20. The van der Waals surface area contributed by atoms with E-state index in [9.17, 15) is 8.78 Å². The lowest BCUT2D eigenvalue weighted by molar-refractivity contribution is -0.0499. The highest BCUT2D eigenvalue weighted by Gasteiger charge is 2.11. The van der Waals surface area contributed by atoms with Crippen LogP contribution in [0.4, 0.5) is 8.78 Å². The van der Waals surface area contributed by atoms with Crippen molar-refractivity contribution in [3.63, 3.8) is 0 Å². The number of halogens is 2. The van der Waals surface area contributed by atoms with E-state index in [1.165, 1.54) is 0 Å². The van der Waals surface area contributed by atoms with Gasteiger partial charge in [-0.2, -0.15) is 8.78 Å². The lowest BCUT2D eigenvalue weighted by atomic mass is 10.0. The fourth-order valence-corrected chi connectivity index (χ4v) is 1.83. The van der Waals surface area contributed by atoms with Gasteiger partial charge in [-0.25, -0.2) is 0 Å². The highest BCUT2D eigenvalue weighted by atomic mass is 19.3. The second-order valence-electron chi connectivity index (χ2n) is 3.85. The summed E-state index contributed by atoms with van der Waals surface area (Å²) in [6, 6.07) is 7.10. The molecule has 0 bridgehead atoms. The van der Waals surface area contributed by atoms with Gasteiger partial charge in [-0.3, -0.25) is 0 Å². The number of hydrogen-bond acceptors (Lipinski definition) is 2. The zero-order chi connectivity index (χ0) is 12.7. The Morgan fingerprint density at radius 3 is 2.65 bits per heavy atom. The molecule has 1 rings (SSSR count). The first-order valence-electron chi connectivity index (χ1n) is 5.95. The minimum absolute atomic E-state index is 0.200. The molecule has 1 atom stereocenters. The predicted molar refractivity (Wildman–Crippen MR) is 64.4 cm³/mol. The van der Waals surface area contributed by atoms with Gasteiger partial charge in [0, 0.05) is 6.04 Å². The summed E-state index contributed by atoms with van der Waals surface area (Å²) < 4.78 is 28.6. The molecule has 17 heavy (non-hydrogen) atoms. The Labute approximate surface area is 101 Å². The monoisotopic (exact) mass is 243 g/mol. The molecule has 0 aliphatic carbocycles. The second-order valence-corrected chi connectivity index (χ2v) is 3.85. The molecule has 0 radical (unpaired) electrons. The molecule has 0 aliphatic heterocycles. The Balaban J connectivity index is 2.79. The van der Waals surface area contributed by atoms with Gasteiger partial charge in [0.2, 0.25) is 0 Å². The van der Waals surface area contributed by atoms with Crippen LogP contribution in [0, 0.1) is 0 Å². The standard InChI is InChI=1S/C13H19F2NO/c1-3-6-12(16-4-2)10-7-5-8-11(9-10)17-13(14)15/h5,7-9,12-13,16H,3-4,6H2,1-2H3. The maximum absolute atomic E-state index is 12.1. The van der Waals surface area contributed by atoms with Crippen LogP contribution in [-0.4, -0.2) is 13.2 Å². The van der Waals surface area contributed by atoms with E-state index >= 15 is 0 Å². The van der Waals surface area contributed by atoms with E-state index in [1.54, 1.807) is 18.2 Å². The SMILES string of the molecule is CCCC(NCC)c1cccc(OC(F)F)c1. The summed E-state index contributed by atoms with van der Waals surface area (Å²) in [5.41, 5.74) is 0.992. The van der Waals surface area contributed by atoms with E-state index in [2.05, 4.69) is 17.0 Å². The van der Waals surface area contributed by atoms with Crippen molar-refractivity contribution in [3.05, 3.63) is 29.8 Å². The Morgan fingerprint density at radius 1 is 1.29 bits per heavy atom. The van der Waals surface area contributed by atoms with Crippen LogP contribution in [0.1, 0.15) is 38.3 Å². The van der Waals surface area contributed by atoms with Crippen LogP contribution in [0.25, 0.3) is 0 Å². The number of ether oxygens (including phenoxy) is 1. The average molecular weight is 243 g/mol. The molecule has 96 valence electrons. The molecule has 0 aliphatic rings. The number of rotatable bonds is 7. The summed E-state index contributed by atoms with van der Waals surface area (Å²) in [4.78, 5) is 0. The topological polar surface area (TPSA) is 21.3 Å². The number of nitrogens with one attached hydrogen (secondary N) is 1. The molecular formula is C13H19F2NO. The van der Waals surface area contributed by atoms with Crippen molar-refractivity contribution in [1.82, 2.24) is 5.32 Å². The van der Waals surface area contributed by atoms with Gasteiger partial charge < -0.3 is 10.1 Å². The lowest BCUT2D eigenvalue weighted by Gasteiger charge is -2.18. The third-order valence-corrected chi connectivity index (χ3v) is 2.51. The first kappa shape index (κ1) is 13.9. The van der Waals surface area contributed by atoms with E-state index in [0.717, 1.165) is 24.9 Å². The van der Waals surface area contributed by atoms with Crippen LogP contribution >= 0.6 is 0 Å². The summed E-state index contributed by atoms with van der Waals surface area (Å²) in [7, 11) is 0. The fourth-order valence-electron chi connectivity index (χ4n) is 1.83. The normalized spacial score (nSPS) is 12.8. The smallest absolute Gasteiger partial charge is 0.387 e. The highest BCUT2D eigenvalue weighted by molar-refractivity contribution is 5.30. The molecule has 1 N–H and O–H groups in total. The molecule has 2 nitrogen and oxygen atoms in total. The molecule has 0 amide bonds. The molecule has 0 spiro atoms. The van der Waals surface area contributed by atoms with E-state index in [4.69, 9.17) is 0 Å². The van der Waals surface area contributed by atoms with Crippen LogP contribution in [0.5, 0.6) is 5.75 Å². The van der Waals surface area contributed by atoms with Crippen molar-refractivity contribution < 1.29 is 13.5 Å². The number of alkyl halides is 2. The third-order valence-electron chi connectivity index (χ3n) is 2.51. The first-order chi connectivity index (χ1) is 8.17. The van der Waals surface area contributed by atoms with Gasteiger partial charge in [0.25, 0.3) is 0 Å². The fraction of sp³-hybridized carbons (Fsp3) is 0.538. The molecule has 4 heteroatoms. The summed E-state index contributed by atoms with van der Waals surface area (Å²) >= 11 is 0. The summed E-state index contributed by atoms with van der Waals surface area (Å²) in [6.45, 7) is 2.21. The molecule has 1 aromatic carbocycles. The minimum atomic E-state index is -2.77. The Bertz CT molecular complexity index is 325. The second kappa shape index (κ2) is 7.22. The van der Waals surface area contributed by atoms with Gasteiger partial charge in [-0.1, -0.05) is 32.4 Å². The van der Waals surface area contributed by atoms with Crippen LogP contribution in [0.15, 0.2) is 24.3 Å². The first-order valence-corrected chi connectivity index (χ1v) is 5.95. The Hall–Kier alpha value is -1.16. The van der Waals surface area contributed by atoms with Gasteiger partial charge in [0.05, 0.1) is 0 Å². The molecule has 1 unspecified atom stereocenters. The molecular weight excluding hydrogens is 224 g/mol. The van der Waals surface area contributed by atoms with Gasteiger partial charge in [-0.15, -0.1) is 0 Å². The van der Waals surface area contributed by atoms with Crippen molar-refractivity contribution in [2.75, 3.05) is 6.54 Å². The minimum Gasteiger partial charge on any atom is -0.435 e. The van der Waals surface area contributed by atoms with Crippen molar-refractivity contribution in [2.24, 2.45) is 0 Å². The maximum Gasteiger partial charge on any atom is 0.387 e. The third kappa shape index (κ3) is 4.69. The molecule has 0 aromatic heterocycles. The number of benzene rings is 1. The van der Waals surface area contributed by atoms with Crippen molar-refractivity contribution >= 4 is 0 Å². The van der Waals surface area contributed by atoms with Crippen LogP contribution in [0.3, 0.4) is 0 Å². The van der Waals surface area contributed by atoms with Gasteiger partial charge in [0.15, 0.2) is 0 Å². The van der Waals surface area contributed by atoms with E-state index in [0.29, 0.717) is 0 Å². The molecule has 0 saturated heterocycles. The highest BCUT2D eigenvalue weighted by Crippen LogP contribution is 2.23. The maximum atomic E-state index is 12.1. The van der Waals surface area contributed by atoms with Crippen molar-refractivity contribution in [1.29, 1.82) is 0 Å². The summed E-state index contributed by atoms with van der Waals surface area (Å²) in [5.74, 6) is 0.219. The van der Waals surface area contributed by atoms with Gasteiger partial charge >= 0.3 is 6.61 Å². The van der Waals surface area contributed by atoms with E-state index < -0.39 is 6.61 Å². The Morgan fingerprint density at radius 2 is 2.06 bits per heavy atom. The zero-order valence-electron chi connectivity index (χ0n) is 10.2. The van der Waals surface area contributed by atoms with Crippen LogP contribution in [0.2, 0.25) is 0 Å².